The van der Waals surface area contributed by atoms with Gasteiger partial charge in [-0.1, -0.05) is 30.3 Å². The van der Waals surface area contributed by atoms with Crippen LogP contribution < -0.4 is 5.32 Å². The summed E-state index contributed by atoms with van der Waals surface area (Å²) in [6.07, 6.45) is 1.52. The summed E-state index contributed by atoms with van der Waals surface area (Å²) in [7, 11) is 0. The van der Waals surface area contributed by atoms with Gasteiger partial charge >= 0.3 is 0 Å². The third-order valence-corrected chi connectivity index (χ3v) is 5.57. The summed E-state index contributed by atoms with van der Waals surface area (Å²) >= 11 is 0. The standard InChI is InChI=1S/C22H23FN2O2/c1-14-6-7-17(22(27)25-12-18(23)13-25)10-20(14)24-21(26)11-16-9-8-15-4-2-3-5-19(15)16/h2-7,10,16,18H,8-9,11-13H2,1H3,(H,24,26). The molecular weight excluding hydrogens is 343 g/mol. The normalized spacial score (nSPS) is 18.7. The second-order valence-electron chi connectivity index (χ2n) is 7.52. The minimum Gasteiger partial charge on any atom is -0.333 e. The van der Waals surface area contributed by atoms with Gasteiger partial charge in [-0.15, -0.1) is 0 Å². The molecule has 4 rings (SSSR count). The van der Waals surface area contributed by atoms with Crippen LogP contribution in [0.15, 0.2) is 42.5 Å². The SMILES string of the molecule is Cc1ccc(C(=O)N2CC(F)C2)cc1NC(=O)CC1CCc2ccccc21. The molecule has 1 saturated heterocycles. The Morgan fingerprint density at radius 1 is 1.19 bits per heavy atom. The number of amides is 2. The molecule has 0 saturated carbocycles. The molecular formula is C22H23FN2O2. The number of benzene rings is 2. The van der Waals surface area contributed by atoms with Gasteiger partial charge in [0, 0.05) is 17.7 Å². The minimum absolute atomic E-state index is 0.0443. The monoisotopic (exact) mass is 366 g/mol. The van der Waals surface area contributed by atoms with Crippen molar-refractivity contribution in [2.75, 3.05) is 18.4 Å². The summed E-state index contributed by atoms with van der Waals surface area (Å²) in [6.45, 7) is 2.20. The number of carbonyl (C=O) groups excluding carboxylic acids is 2. The van der Waals surface area contributed by atoms with Crippen LogP contribution in [0, 0.1) is 6.92 Å². The molecule has 1 N–H and O–H groups in total. The molecule has 2 aromatic rings. The number of carbonyl (C=O) groups is 2. The largest absolute Gasteiger partial charge is 0.333 e. The number of aryl methyl sites for hydroxylation is 2. The van der Waals surface area contributed by atoms with E-state index in [9.17, 15) is 14.0 Å². The van der Waals surface area contributed by atoms with Crippen LogP contribution >= 0.6 is 0 Å². The lowest BCUT2D eigenvalue weighted by molar-refractivity contribution is -0.116. The number of nitrogens with one attached hydrogen (secondary N) is 1. The smallest absolute Gasteiger partial charge is 0.254 e. The highest BCUT2D eigenvalue weighted by Gasteiger charge is 2.31. The Hall–Kier alpha value is -2.69. The molecule has 1 heterocycles. The fourth-order valence-electron chi connectivity index (χ4n) is 3.95. The molecule has 27 heavy (non-hydrogen) atoms. The van der Waals surface area contributed by atoms with Gasteiger partial charge in [0.2, 0.25) is 5.91 Å². The summed E-state index contributed by atoms with van der Waals surface area (Å²) in [5, 5.41) is 2.96. The first-order chi connectivity index (χ1) is 13.0. The highest BCUT2D eigenvalue weighted by atomic mass is 19.1. The first kappa shape index (κ1) is 17.7. The van der Waals surface area contributed by atoms with E-state index >= 15 is 0 Å². The van der Waals surface area contributed by atoms with Gasteiger partial charge in [0.15, 0.2) is 0 Å². The molecule has 4 nitrogen and oxygen atoms in total. The van der Waals surface area contributed by atoms with Gasteiger partial charge in [-0.25, -0.2) is 4.39 Å². The van der Waals surface area contributed by atoms with Gasteiger partial charge in [0.1, 0.15) is 6.17 Å². The van der Waals surface area contributed by atoms with Gasteiger partial charge < -0.3 is 10.2 Å². The number of anilines is 1. The number of halogens is 1. The predicted molar refractivity (Wildman–Crippen MR) is 103 cm³/mol. The fourth-order valence-corrected chi connectivity index (χ4v) is 3.95. The van der Waals surface area contributed by atoms with E-state index in [-0.39, 0.29) is 30.8 Å². The molecule has 1 aliphatic carbocycles. The van der Waals surface area contributed by atoms with Gasteiger partial charge in [-0.2, -0.15) is 0 Å². The zero-order valence-corrected chi connectivity index (χ0v) is 15.4. The van der Waals surface area contributed by atoms with E-state index in [1.807, 2.05) is 25.1 Å². The Morgan fingerprint density at radius 3 is 2.74 bits per heavy atom. The Kier molecular flexibility index (Phi) is 4.68. The Morgan fingerprint density at radius 2 is 1.96 bits per heavy atom. The molecule has 2 aromatic carbocycles. The van der Waals surface area contributed by atoms with Gasteiger partial charge in [-0.05, 0) is 54.5 Å². The van der Waals surface area contributed by atoms with E-state index in [0.29, 0.717) is 17.7 Å². The molecule has 0 bridgehead atoms. The zero-order valence-electron chi connectivity index (χ0n) is 15.4. The molecule has 140 valence electrons. The Labute approximate surface area is 158 Å². The van der Waals surface area contributed by atoms with E-state index in [4.69, 9.17) is 0 Å². The molecule has 0 spiro atoms. The van der Waals surface area contributed by atoms with Crippen molar-refractivity contribution < 1.29 is 14.0 Å². The van der Waals surface area contributed by atoms with E-state index in [0.717, 1.165) is 18.4 Å². The highest BCUT2D eigenvalue weighted by Crippen LogP contribution is 2.35. The van der Waals surface area contributed by atoms with E-state index in [1.54, 1.807) is 12.1 Å². The maximum absolute atomic E-state index is 13.0. The number of likely N-dealkylation sites (tertiary alicyclic amines) is 1. The van der Waals surface area contributed by atoms with Crippen LogP contribution in [0.4, 0.5) is 10.1 Å². The molecule has 2 amide bonds. The van der Waals surface area contributed by atoms with Crippen molar-refractivity contribution in [3.8, 4) is 0 Å². The molecule has 1 unspecified atom stereocenters. The third-order valence-electron chi connectivity index (χ3n) is 5.57. The van der Waals surface area contributed by atoms with Crippen molar-refractivity contribution in [1.29, 1.82) is 0 Å². The third kappa shape index (κ3) is 3.59. The molecule has 1 atom stereocenters. The molecule has 5 heteroatoms. The minimum atomic E-state index is -0.923. The molecule has 1 fully saturated rings. The summed E-state index contributed by atoms with van der Waals surface area (Å²) < 4.78 is 13.0. The van der Waals surface area contributed by atoms with Gasteiger partial charge in [0.25, 0.3) is 5.91 Å². The zero-order chi connectivity index (χ0) is 19.0. The number of nitrogens with zero attached hydrogens (tertiary/aromatic N) is 1. The fraction of sp³-hybridized carbons (Fsp3) is 0.364. The first-order valence-corrected chi connectivity index (χ1v) is 9.43. The van der Waals surface area contributed by atoms with Crippen LogP contribution in [0.3, 0.4) is 0 Å². The number of rotatable bonds is 4. The van der Waals surface area contributed by atoms with Crippen molar-refractivity contribution in [3.63, 3.8) is 0 Å². The highest BCUT2D eigenvalue weighted by molar-refractivity contribution is 5.98. The summed E-state index contributed by atoms with van der Waals surface area (Å²) in [6, 6.07) is 13.5. The van der Waals surface area contributed by atoms with Crippen molar-refractivity contribution in [2.24, 2.45) is 0 Å². The van der Waals surface area contributed by atoms with E-state index in [2.05, 4.69) is 17.4 Å². The number of hydrogen-bond donors (Lipinski definition) is 1. The molecule has 1 aliphatic heterocycles. The molecule has 0 radical (unpaired) electrons. The van der Waals surface area contributed by atoms with E-state index in [1.165, 1.54) is 16.0 Å². The second-order valence-corrected chi connectivity index (χ2v) is 7.52. The average Bonchev–Trinajstić information content (AvgIpc) is 3.03. The Bertz CT molecular complexity index is 890. The van der Waals surface area contributed by atoms with Gasteiger partial charge in [0.05, 0.1) is 13.1 Å². The lowest BCUT2D eigenvalue weighted by Crippen LogP contribution is -2.51. The van der Waals surface area contributed by atoms with Crippen molar-refractivity contribution in [1.82, 2.24) is 4.90 Å². The average molecular weight is 366 g/mol. The quantitative estimate of drug-likeness (QED) is 0.894. The van der Waals surface area contributed by atoms with Crippen molar-refractivity contribution in [3.05, 3.63) is 64.7 Å². The van der Waals surface area contributed by atoms with Crippen LogP contribution in [0.5, 0.6) is 0 Å². The lowest BCUT2D eigenvalue weighted by Gasteiger charge is -2.34. The molecule has 0 aromatic heterocycles. The van der Waals surface area contributed by atoms with E-state index < -0.39 is 6.17 Å². The van der Waals surface area contributed by atoms with Crippen molar-refractivity contribution >= 4 is 17.5 Å². The van der Waals surface area contributed by atoms with Crippen LogP contribution in [-0.2, 0) is 11.2 Å². The summed E-state index contributed by atoms with van der Waals surface area (Å²) in [5.41, 5.74) is 4.63. The van der Waals surface area contributed by atoms with Crippen molar-refractivity contribution in [2.45, 2.75) is 38.3 Å². The lowest BCUT2D eigenvalue weighted by atomic mass is 9.97. The van der Waals surface area contributed by atoms with Gasteiger partial charge in [-0.3, -0.25) is 9.59 Å². The van der Waals surface area contributed by atoms with Crippen LogP contribution in [-0.4, -0.2) is 36.0 Å². The summed E-state index contributed by atoms with van der Waals surface area (Å²) in [4.78, 5) is 26.5. The number of alkyl halides is 1. The first-order valence-electron chi connectivity index (χ1n) is 9.43. The summed E-state index contributed by atoms with van der Waals surface area (Å²) in [5.74, 6) is 0.00943. The topological polar surface area (TPSA) is 49.4 Å². The second kappa shape index (κ2) is 7.14. The number of hydrogen-bond acceptors (Lipinski definition) is 2. The molecule has 2 aliphatic rings. The number of fused-ring (bicyclic) bond motifs is 1. The Balaban J connectivity index is 1.44. The maximum Gasteiger partial charge on any atom is 0.254 e. The van der Waals surface area contributed by atoms with Crippen LogP contribution in [0.2, 0.25) is 0 Å². The predicted octanol–water partition coefficient (Wildman–Crippen LogP) is 3.85. The van der Waals surface area contributed by atoms with Crippen LogP contribution in [0.1, 0.15) is 45.8 Å². The van der Waals surface area contributed by atoms with Crippen LogP contribution in [0.25, 0.3) is 0 Å². The maximum atomic E-state index is 13.0.